The highest BCUT2D eigenvalue weighted by atomic mass is 32.2. The van der Waals surface area contributed by atoms with Gasteiger partial charge < -0.3 is 10.1 Å². The normalized spacial score (nSPS) is 11.1. The second-order valence-electron chi connectivity index (χ2n) is 6.59. The molecule has 2 aromatic rings. The van der Waals surface area contributed by atoms with E-state index in [0.29, 0.717) is 24.6 Å². The number of sulfonamides is 1. The third-order valence-electron chi connectivity index (χ3n) is 4.04. The standard InChI is InChI=1S/C21H28N2O4S2/c1-4-27-20-10-8-19(9-11-20)23(29(3,25)26)15-21(24)22-12-13-28-16-18-7-5-6-17(2)14-18/h5-11,14H,4,12-13,15-16H2,1-3H3,(H,22,24). The third kappa shape index (κ3) is 7.98. The highest BCUT2D eigenvalue weighted by Crippen LogP contribution is 2.21. The summed E-state index contributed by atoms with van der Waals surface area (Å²) in [6.45, 7) is 4.69. The number of benzene rings is 2. The lowest BCUT2D eigenvalue weighted by atomic mass is 10.2. The second-order valence-corrected chi connectivity index (χ2v) is 9.60. The summed E-state index contributed by atoms with van der Waals surface area (Å²) in [6, 6.07) is 15.0. The van der Waals surface area contributed by atoms with Gasteiger partial charge in [0.05, 0.1) is 18.6 Å². The number of hydrogen-bond acceptors (Lipinski definition) is 5. The number of thioether (sulfide) groups is 1. The van der Waals surface area contributed by atoms with Crippen LogP contribution in [0.2, 0.25) is 0 Å². The predicted molar refractivity (Wildman–Crippen MR) is 120 cm³/mol. The van der Waals surface area contributed by atoms with Crippen molar-refractivity contribution in [2.75, 3.05) is 36.0 Å². The lowest BCUT2D eigenvalue weighted by Crippen LogP contribution is -2.41. The molecule has 0 aromatic heterocycles. The first-order valence-corrected chi connectivity index (χ1v) is 12.4. The van der Waals surface area contributed by atoms with Gasteiger partial charge in [-0.05, 0) is 43.7 Å². The number of amides is 1. The van der Waals surface area contributed by atoms with E-state index in [2.05, 4.69) is 30.4 Å². The van der Waals surface area contributed by atoms with Crippen molar-refractivity contribution in [2.24, 2.45) is 0 Å². The van der Waals surface area contributed by atoms with Crippen molar-refractivity contribution in [3.05, 3.63) is 59.7 Å². The van der Waals surface area contributed by atoms with Crippen molar-refractivity contribution >= 4 is 33.4 Å². The van der Waals surface area contributed by atoms with E-state index in [0.717, 1.165) is 22.1 Å². The summed E-state index contributed by atoms with van der Waals surface area (Å²) >= 11 is 1.72. The molecule has 158 valence electrons. The van der Waals surface area contributed by atoms with Crippen LogP contribution in [0.1, 0.15) is 18.1 Å². The number of aryl methyl sites for hydroxylation is 1. The van der Waals surface area contributed by atoms with Crippen LogP contribution >= 0.6 is 11.8 Å². The van der Waals surface area contributed by atoms with Gasteiger partial charge in [0.1, 0.15) is 12.3 Å². The Morgan fingerprint density at radius 2 is 1.90 bits per heavy atom. The Hall–Kier alpha value is -2.19. The van der Waals surface area contributed by atoms with Crippen molar-refractivity contribution in [3.63, 3.8) is 0 Å². The lowest BCUT2D eigenvalue weighted by molar-refractivity contribution is -0.119. The van der Waals surface area contributed by atoms with Crippen LogP contribution in [-0.4, -0.2) is 46.0 Å². The molecular formula is C21H28N2O4S2. The van der Waals surface area contributed by atoms with E-state index < -0.39 is 10.0 Å². The van der Waals surface area contributed by atoms with Crippen molar-refractivity contribution in [1.82, 2.24) is 5.32 Å². The smallest absolute Gasteiger partial charge is 0.240 e. The Labute approximate surface area is 177 Å². The fourth-order valence-electron chi connectivity index (χ4n) is 2.72. The maximum absolute atomic E-state index is 12.3. The van der Waals surface area contributed by atoms with Gasteiger partial charge in [0.2, 0.25) is 15.9 Å². The number of anilines is 1. The SMILES string of the molecule is CCOc1ccc(N(CC(=O)NCCSCc2cccc(C)c2)S(C)(=O)=O)cc1. The number of carbonyl (C=O) groups is 1. The van der Waals surface area contributed by atoms with E-state index in [9.17, 15) is 13.2 Å². The summed E-state index contributed by atoms with van der Waals surface area (Å²) in [5.74, 6) is 1.95. The van der Waals surface area contributed by atoms with Crippen LogP contribution in [0.15, 0.2) is 48.5 Å². The minimum absolute atomic E-state index is 0.255. The van der Waals surface area contributed by atoms with Crippen LogP contribution < -0.4 is 14.4 Å². The summed E-state index contributed by atoms with van der Waals surface area (Å²) < 4.78 is 30.8. The number of nitrogens with one attached hydrogen (secondary N) is 1. The Bertz CT molecular complexity index is 899. The lowest BCUT2D eigenvalue weighted by Gasteiger charge is -2.22. The molecule has 0 radical (unpaired) electrons. The molecule has 2 aromatic carbocycles. The summed E-state index contributed by atoms with van der Waals surface area (Å²) in [4.78, 5) is 12.3. The monoisotopic (exact) mass is 436 g/mol. The zero-order valence-electron chi connectivity index (χ0n) is 17.1. The van der Waals surface area contributed by atoms with Crippen LogP contribution in [0.4, 0.5) is 5.69 Å². The molecule has 0 aliphatic rings. The fraction of sp³-hybridized carbons (Fsp3) is 0.381. The number of hydrogen-bond donors (Lipinski definition) is 1. The second kappa shape index (κ2) is 11.1. The Balaban J connectivity index is 1.83. The molecule has 29 heavy (non-hydrogen) atoms. The molecule has 0 unspecified atom stereocenters. The summed E-state index contributed by atoms with van der Waals surface area (Å²) in [5, 5.41) is 2.79. The molecule has 6 nitrogen and oxygen atoms in total. The van der Waals surface area contributed by atoms with Crippen LogP contribution in [0.5, 0.6) is 5.75 Å². The molecule has 1 N–H and O–H groups in total. The Morgan fingerprint density at radius 3 is 2.52 bits per heavy atom. The zero-order chi connectivity index (χ0) is 21.3. The van der Waals surface area contributed by atoms with Gasteiger partial charge in [0.25, 0.3) is 0 Å². The Morgan fingerprint density at radius 1 is 1.17 bits per heavy atom. The molecule has 0 atom stereocenters. The van der Waals surface area contributed by atoms with Gasteiger partial charge in [-0.25, -0.2) is 8.42 Å². The molecule has 2 rings (SSSR count). The van der Waals surface area contributed by atoms with Crippen molar-refractivity contribution < 1.29 is 17.9 Å². The van der Waals surface area contributed by atoms with Crippen LogP contribution in [0.3, 0.4) is 0 Å². The summed E-state index contributed by atoms with van der Waals surface area (Å²) in [7, 11) is -3.59. The largest absolute Gasteiger partial charge is 0.494 e. The Kier molecular flexibility index (Phi) is 8.85. The van der Waals surface area contributed by atoms with E-state index in [1.807, 2.05) is 13.0 Å². The topological polar surface area (TPSA) is 75.7 Å². The number of nitrogens with zero attached hydrogens (tertiary/aromatic N) is 1. The highest BCUT2D eigenvalue weighted by Gasteiger charge is 2.20. The number of rotatable bonds is 11. The van der Waals surface area contributed by atoms with Crippen molar-refractivity contribution in [2.45, 2.75) is 19.6 Å². The number of carbonyl (C=O) groups excluding carboxylic acids is 1. The molecule has 0 aliphatic carbocycles. The molecule has 0 saturated heterocycles. The van der Waals surface area contributed by atoms with Gasteiger partial charge in [0, 0.05) is 18.1 Å². The van der Waals surface area contributed by atoms with Crippen LogP contribution in [0, 0.1) is 6.92 Å². The van der Waals surface area contributed by atoms with Gasteiger partial charge in [-0.1, -0.05) is 29.8 Å². The van der Waals surface area contributed by atoms with E-state index >= 15 is 0 Å². The molecule has 0 aliphatic heterocycles. The van der Waals surface area contributed by atoms with E-state index in [1.54, 1.807) is 36.0 Å². The first kappa shape index (κ1) is 23.1. The summed E-state index contributed by atoms with van der Waals surface area (Å²) in [6.07, 6.45) is 1.09. The van der Waals surface area contributed by atoms with Gasteiger partial charge in [-0.3, -0.25) is 9.10 Å². The molecule has 0 fully saturated rings. The van der Waals surface area contributed by atoms with E-state index in [-0.39, 0.29) is 12.5 Å². The molecule has 0 spiro atoms. The minimum Gasteiger partial charge on any atom is -0.494 e. The first-order chi connectivity index (χ1) is 13.8. The van der Waals surface area contributed by atoms with Crippen LogP contribution in [0.25, 0.3) is 0 Å². The third-order valence-corrected chi connectivity index (χ3v) is 6.21. The average Bonchev–Trinajstić information content (AvgIpc) is 2.66. The molecule has 1 amide bonds. The van der Waals surface area contributed by atoms with E-state index in [4.69, 9.17) is 4.74 Å². The van der Waals surface area contributed by atoms with Crippen molar-refractivity contribution in [3.8, 4) is 5.75 Å². The molecule has 0 heterocycles. The van der Waals surface area contributed by atoms with Gasteiger partial charge in [-0.2, -0.15) is 11.8 Å². The van der Waals surface area contributed by atoms with Crippen LogP contribution in [-0.2, 0) is 20.6 Å². The average molecular weight is 437 g/mol. The maximum Gasteiger partial charge on any atom is 0.240 e. The summed E-state index contributed by atoms with van der Waals surface area (Å²) in [5.41, 5.74) is 2.91. The van der Waals surface area contributed by atoms with Gasteiger partial charge in [0.15, 0.2) is 0 Å². The molecule has 0 saturated carbocycles. The maximum atomic E-state index is 12.3. The van der Waals surface area contributed by atoms with E-state index in [1.165, 1.54) is 11.1 Å². The molecule has 0 bridgehead atoms. The quantitative estimate of drug-likeness (QED) is 0.548. The molecule has 8 heteroatoms. The highest BCUT2D eigenvalue weighted by molar-refractivity contribution is 7.98. The first-order valence-electron chi connectivity index (χ1n) is 9.40. The molecular weight excluding hydrogens is 408 g/mol. The fourth-order valence-corrected chi connectivity index (χ4v) is 4.38. The zero-order valence-corrected chi connectivity index (χ0v) is 18.7. The van der Waals surface area contributed by atoms with Gasteiger partial charge in [-0.15, -0.1) is 0 Å². The minimum atomic E-state index is -3.59. The van der Waals surface area contributed by atoms with Gasteiger partial charge >= 0.3 is 0 Å². The predicted octanol–water partition coefficient (Wildman–Crippen LogP) is 3.21. The number of ether oxygens (including phenoxy) is 1. The van der Waals surface area contributed by atoms with Crippen molar-refractivity contribution in [1.29, 1.82) is 0 Å².